The van der Waals surface area contributed by atoms with Crippen molar-refractivity contribution in [1.29, 1.82) is 0 Å². The summed E-state index contributed by atoms with van der Waals surface area (Å²) in [5, 5.41) is 0. The summed E-state index contributed by atoms with van der Waals surface area (Å²) in [6, 6.07) is 0. The molecule has 0 N–H and O–H groups in total. The molecule has 0 spiro atoms. The molecule has 2 heterocycles. The maximum atomic E-state index is 11.8. The Morgan fingerprint density at radius 2 is 2.05 bits per heavy atom. The van der Waals surface area contributed by atoms with Crippen LogP contribution in [-0.2, 0) is 10.6 Å². The molecule has 0 radical (unpaired) electrons. The molecule has 1 aromatic heterocycles. The highest BCUT2D eigenvalue weighted by atomic mass is 35.5. The quantitative estimate of drug-likeness (QED) is 0.632. The Balaban J connectivity index is 2.21. The second-order valence-corrected chi connectivity index (χ2v) is 5.05. The van der Waals surface area contributed by atoms with E-state index in [4.69, 9.17) is 16.3 Å². The molecular formula is C14H20ClN3O2. The van der Waals surface area contributed by atoms with Gasteiger partial charge in [-0.25, -0.2) is 14.8 Å². The van der Waals surface area contributed by atoms with Gasteiger partial charge in [0.2, 0.25) is 5.95 Å². The van der Waals surface area contributed by atoms with E-state index >= 15 is 0 Å². The van der Waals surface area contributed by atoms with Gasteiger partial charge in [-0.1, -0.05) is 12.8 Å². The lowest BCUT2D eigenvalue weighted by atomic mass is 10.2. The first-order chi connectivity index (χ1) is 9.76. The van der Waals surface area contributed by atoms with E-state index in [0.717, 1.165) is 25.9 Å². The fraction of sp³-hybridized carbons (Fsp3) is 0.643. The van der Waals surface area contributed by atoms with Crippen LogP contribution in [0, 0.1) is 0 Å². The summed E-state index contributed by atoms with van der Waals surface area (Å²) in [4.78, 5) is 22.7. The van der Waals surface area contributed by atoms with Crippen LogP contribution in [-0.4, -0.2) is 35.6 Å². The Kier molecular flexibility index (Phi) is 5.59. The highest BCUT2D eigenvalue weighted by Crippen LogP contribution is 2.18. The van der Waals surface area contributed by atoms with E-state index in [9.17, 15) is 4.79 Å². The van der Waals surface area contributed by atoms with Gasteiger partial charge in [0, 0.05) is 19.3 Å². The molecule has 0 aliphatic carbocycles. The standard InChI is InChI=1S/C14H20ClN3O2/c1-2-20-13(19)11-10-16-14(17-12(11)9-15)18-7-5-3-4-6-8-18/h10H,2-9H2,1H3. The van der Waals surface area contributed by atoms with Crippen LogP contribution in [0.1, 0.15) is 48.7 Å². The molecule has 0 aromatic carbocycles. The van der Waals surface area contributed by atoms with Gasteiger partial charge < -0.3 is 9.64 Å². The predicted molar refractivity (Wildman–Crippen MR) is 78.2 cm³/mol. The lowest BCUT2D eigenvalue weighted by Gasteiger charge is -2.20. The number of halogens is 1. The molecule has 0 bridgehead atoms. The molecular weight excluding hydrogens is 278 g/mol. The molecule has 0 saturated carbocycles. The Bertz CT molecular complexity index is 460. The van der Waals surface area contributed by atoms with E-state index in [-0.39, 0.29) is 5.88 Å². The van der Waals surface area contributed by atoms with Crippen molar-refractivity contribution in [2.45, 2.75) is 38.5 Å². The summed E-state index contributed by atoms with van der Waals surface area (Å²) in [5.74, 6) is 0.429. The van der Waals surface area contributed by atoms with Crippen molar-refractivity contribution in [1.82, 2.24) is 9.97 Å². The first kappa shape index (κ1) is 15.0. The number of carbonyl (C=O) groups is 1. The fourth-order valence-electron chi connectivity index (χ4n) is 2.31. The number of anilines is 1. The van der Waals surface area contributed by atoms with E-state index < -0.39 is 5.97 Å². The SMILES string of the molecule is CCOC(=O)c1cnc(N2CCCCCC2)nc1CCl. The van der Waals surface area contributed by atoms with Crippen LogP contribution in [0.4, 0.5) is 5.95 Å². The number of hydrogen-bond acceptors (Lipinski definition) is 5. The van der Waals surface area contributed by atoms with Gasteiger partial charge in [-0.2, -0.15) is 0 Å². The maximum Gasteiger partial charge on any atom is 0.341 e. The number of nitrogens with zero attached hydrogens (tertiary/aromatic N) is 3. The number of esters is 1. The molecule has 110 valence electrons. The smallest absolute Gasteiger partial charge is 0.341 e. The molecule has 0 amide bonds. The molecule has 20 heavy (non-hydrogen) atoms. The van der Waals surface area contributed by atoms with Crippen LogP contribution in [0.5, 0.6) is 0 Å². The summed E-state index contributed by atoms with van der Waals surface area (Å²) in [7, 11) is 0. The van der Waals surface area contributed by atoms with E-state index in [1.165, 1.54) is 19.0 Å². The van der Waals surface area contributed by atoms with Gasteiger partial charge in [0.05, 0.1) is 18.2 Å². The van der Waals surface area contributed by atoms with E-state index in [2.05, 4.69) is 14.9 Å². The van der Waals surface area contributed by atoms with Crippen molar-refractivity contribution in [3.05, 3.63) is 17.5 Å². The molecule has 1 saturated heterocycles. The molecule has 1 aliphatic rings. The van der Waals surface area contributed by atoms with Crippen LogP contribution in [0.25, 0.3) is 0 Å². The van der Waals surface area contributed by atoms with Gasteiger partial charge >= 0.3 is 5.97 Å². The van der Waals surface area contributed by atoms with Gasteiger partial charge in [-0.15, -0.1) is 11.6 Å². The van der Waals surface area contributed by atoms with E-state index in [1.807, 2.05) is 0 Å². The zero-order valence-electron chi connectivity index (χ0n) is 11.8. The molecule has 1 aliphatic heterocycles. The second-order valence-electron chi connectivity index (χ2n) is 4.79. The Labute approximate surface area is 124 Å². The number of ether oxygens (including phenoxy) is 1. The van der Waals surface area contributed by atoms with Crippen molar-refractivity contribution < 1.29 is 9.53 Å². The number of hydrogen-bond donors (Lipinski definition) is 0. The van der Waals surface area contributed by atoms with Crippen LogP contribution in [0.15, 0.2) is 6.20 Å². The van der Waals surface area contributed by atoms with Crippen molar-refractivity contribution in [3.8, 4) is 0 Å². The fourth-order valence-corrected chi connectivity index (χ4v) is 2.51. The molecule has 0 atom stereocenters. The first-order valence-corrected chi connectivity index (χ1v) is 7.63. The molecule has 1 aromatic rings. The lowest BCUT2D eigenvalue weighted by molar-refractivity contribution is 0.0524. The third-order valence-electron chi connectivity index (χ3n) is 3.37. The minimum atomic E-state index is -0.412. The normalized spacial score (nSPS) is 15.8. The van der Waals surface area contributed by atoms with Crippen molar-refractivity contribution in [2.24, 2.45) is 0 Å². The summed E-state index contributed by atoms with van der Waals surface area (Å²) in [5.41, 5.74) is 0.903. The molecule has 0 unspecified atom stereocenters. The zero-order valence-corrected chi connectivity index (χ0v) is 12.5. The van der Waals surface area contributed by atoms with Crippen LogP contribution in [0.2, 0.25) is 0 Å². The Morgan fingerprint density at radius 1 is 1.35 bits per heavy atom. The van der Waals surface area contributed by atoms with Crippen molar-refractivity contribution >= 4 is 23.5 Å². The number of aromatic nitrogens is 2. The Morgan fingerprint density at radius 3 is 2.65 bits per heavy atom. The van der Waals surface area contributed by atoms with Gasteiger partial charge in [0.1, 0.15) is 5.56 Å². The topological polar surface area (TPSA) is 55.3 Å². The molecule has 1 fully saturated rings. The maximum absolute atomic E-state index is 11.8. The number of rotatable bonds is 4. The summed E-state index contributed by atoms with van der Waals surface area (Å²) in [6.45, 7) is 4.01. The summed E-state index contributed by atoms with van der Waals surface area (Å²) in [6.07, 6.45) is 6.33. The summed E-state index contributed by atoms with van der Waals surface area (Å²) < 4.78 is 4.98. The van der Waals surface area contributed by atoms with Crippen LogP contribution in [0.3, 0.4) is 0 Å². The zero-order chi connectivity index (χ0) is 14.4. The summed E-state index contributed by atoms with van der Waals surface area (Å²) >= 11 is 5.90. The number of alkyl halides is 1. The Hall–Kier alpha value is -1.36. The highest BCUT2D eigenvalue weighted by molar-refractivity contribution is 6.17. The third kappa shape index (κ3) is 3.60. The van der Waals surface area contributed by atoms with Gasteiger partial charge in [-0.3, -0.25) is 0 Å². The van der Waals surface area contributed by atoms with Gasteiger partial charge in [-0.05, 0) is 19.8 Å². The number of carbonyl (C=O) groups excluding carboxylic acids is 1. The second kappa shape index (κ2) is 7.43. The predicted octanol–water partition coefficient (Wildman–Crippen LogP) is 2.77. The monoisotopic (exact) mass is 297 g/mol. The molecule has 2 rings (SSSR count). The lowest BCUT2D eigenvalue weighted by Crippen LogP contribution is -2.26. The van der Waals surface area contributed by atoms with Gasteiger partial charge in [0.25, 0.3) is 0 Å². The molecule has 6 heteroatoms. The van der Waals surface area contributed by atoms with Crippen molar-refractivity contribution in [2.75, 3.05) is 24.6 Å². The van der Waals surface area contributed by atoms with Gasteiger partial charge in [0.15, 0.2) is 0 Å². The van der Waals surface area contributed by atoms with Crippen LogP contribution < -0.4 is 4.90 Å². The first-order valence-electron chi connectivity index (χ1n) is 7.10. The van der Waals surface area contributed by atoms with E-state index in [1.54, 1.807) is 6.92 Å². The minimum Gasteiger partial charge on any atom is -0.462 e. The van der Waals surface area contributed by atoms with E-state index in [0.29, 0.717) is 23.8 Å². The third-order valence-corrected chi connectivity index (χ3v) is 3.62. The molecule has 5 nitrogen and oxygen atoms in total. The highest BCUT2D eigenvalue weighted by Gasteiger charge is 2.18. The van der Waals surface area contributed by atoms with Crippen LogP contribution >= 0.6 is 11.6 Å². The average Bonchev–Trinajstić information content (AvgIpc) is 2.76. The average molecular weight is 298 g/mol. The largest absolute Gasteiger partial charge is 0.462 e. The van der Waals surface area contributed by atoms with Crippen molar-refractivity contribution in [3.63, 3.8) is 0 Å². The minimum absolute atomic E-state index is 0.178.